The van der Waals surface area contributed by atoms with Gasteiger partial charge in [0, 0.05) is 17.1 Å². The van der Waals surface area contributed by atoms with Crippen molar-refractivity contribution in [3.8, 4) is 17.2 Å². The van der Waals surface area contributed by atoms with E-state index in [4.69, 9.17) is 9.47 Å². The molecule has 0 unspecified atom stereocenters. The minimum absolute atomic E-state index is 0.0807. The Morgan fingerprint density at radius 1 is 0.947 bits per heavy atom. The monoisotopic (exact) mass is 526 g/mol. The van der Waals surface area contributed by atoms with Crippen LogP contribution >= 0.6 is 0 Å². The first-order chi connectivity index (χ1) is 18.1. The number of nitrogens with zero attached hydrogens (tertiary/aromatic N) is 2. The number of carbonyl (C=O) groups excluding carboxylic acids is 2. The molecule has 4 aromatic rings. The second-order valence-corrected chi connectivity index (χ2v) is 7.96. The number of rotatable bonds is 7. The van der Waals surface area contributed by atoms with Crippen LogP contribution in [-0.2, 0) is 11.0 Å². The Hall–Kier alpha value is -4.87. The van der Waals surface area contributed by atoms with Crippen LogP contribution in [0.25, 0.3) is 16.5 Å². The van der Waals surface area contributed by atoms with Crippen LogP contribution in [0.1, 0.15) is 16.1 Å². The summed E-state index contributed by atoms with van der Waals surface area (Å²) in [5, 5.41) is 9.40. The molecular formula is C26H21F3N4O5. The molecule has 4 rings (SSSR count). The van der Waals surface area contributed by atoms with Crippen LogP contribution in [0.3, 0.4) is 0 Å². The first-order valence-electron chi connectivity index (χ1n) is 11.1. The lowest BCUT2D eigenvalue weighted by Crippen LogP contribution is -2.35. The van der Waals surface area contributed by atoms with Crippen molar-refractivity contribution in [1.29, 1.82) is 0 Å². The maximum atomic E-state index is 13.2. The zero-order valence-electron chi connectivity index (χ0n) is 20.1. The predicted molar refractivity (Wildman–Crippen MR) is 133 cm³/mol. The molecule has 0 saturated heterocycles. The molecule has 0 aliphatic heterocycles. The van der Waals surface area contributed by atoms with Crippen molar-refractivity contribution in [3.05, 3.63) is 88.3 Å². The van der Waals surface area contributed by atoms with E-state index >= 15 is 0 Å². The standard InChI is InChI=1S/C26H21F3N4O5/c1-37-17-10-11-20(21(13-17)38-2)33-25(36)19-9-4-3-8-18(19)23(32-33)24(35)30-14-22(34)31-16-7-5-6-15(12-16)26(27,28)29/h3-13H,14H2,1-2H3,(H,30,35)(H,31,34). The largest absolute Gasteiger partial charge is 0.497 e. The molecule has 0 fully saturated rings. The average molecular weight is 526 g/mol. The first kappa shape index (κ1) is 26.2. The lowest BCUT2D eigenvalue weighted by atomic mass is 10.1. The summed E-state index contributed by atoms with van der Waals surface area (Å²) in [4.78, 5) is 38.7. The molecule has 0 aliphatic carbocycles. The van der Waals surface area contributed by atoms with E-state index in [1.54, 1.807) is 30.3 Å². The van der Waals surface area contributed by atoms with Crippen molar-refractivity contribution in [2.75, 3.05) is 26.1 Å². The van der Waals surface area contributed by atoms with E-state index in [1.807, 2.05) is 0 Å². The van der Waals surface area contributed by atoms with E-state index in [1.165, 1.54) is 32.4 Å². The summed E-state index contributed by atoms with van der Waals surface area (Å²) in [6, 6.07) is 15.1. The third-order valence-electron chi connectivity index (χ3n) is 5.52. The summed E-state index contributed by atoms with van der Waals surface area (Å²) in [5.74, 6) is -0.793. The van der Waals surface area contributed by atoms with Gasteiger partial charge < -0.3 is 20.1 Å². The number of amides is 2. The third-order valence-corrected chi connectivity index (χ3v) is 5.52. The molecule has 2 N–H and O–H groups in total. The number of hydrogen-bond donors (Lipinski definition) is 2. The smallest absolute Gasteiger partial charge is 0.416 e. The number of ether oxygens (including phenoxy) is 2. The minimum atomic E-state index is -4.57. The van der Waals surface area contributed by atoms with E-state index in [0.717, 1.165) is 22.9 Å². The molecule has 0 atom stereocenters. The zero-order chi connectivity index (χ0) is 27.4. The zero-order valence-corrected chi connectivity index (χ0v) is 20.1. The number of nitrogens with one attached hydrogen (secondary N) is 2. The summed E-state index contributed by atoms with van der Waals surface area (Å²) in [6.45, 7) is -0.559. The Morgan fingerprint density at radius 3 is 2.37 bits per heavy atom. The molecule has 9 nitrogen and oxygen atoms in total. The van der Waals surface area contributed by atoms with Gasteiger partial charge >= 0.3 is 6.18 Å². The first-order valence-corrected chi connectivity index (χ1v) is 11.1. The van der Waals surface area contributed by atoms with Crippen molar-refractivity contribution < 1.29 is 32.2 Å². The summed E-state index contributed by atoms with van der Waals surface area (Å²) in [5.41, 5.74) is -1.41. The van der Waals surface area contributed by atoms with Crippen LogP contribution in [0.15, 0.2) is 71.5 Å². The lowest BCUT2D eigenvalue weighted by molar-refractivity contribution is -0.137. The molecule has 12 heteroatoms. The Labute approximate surface area is 213 Å². The molecule has 0 saturated carbocycles. The number of methoxy groups -OCH3 is 2. The fourth-order valence-corrected chi connectivity index (χ4v) is 3.70. The van der Waals surface area contributed by atoms with Crippen LogP contribution in [0.2, 0.25) is 0 Å². The van der Waals surface area contributed by atoms with E-state index in [-0.39, 0.29) is 33.6 Å². The summed E-state index contributed by atoms with van der Waals surface area (Å²) >= 11 is 0. The molecule has 0 aliphatic rings. The van der Waals surface area contributed by atoms with Gasteiger partial charge in [0.15, 0.2) is 5.69 Å². The van der Waals surface area contributed by atoms with E-state index in [2.05, 4.69) is 15.7 Å². The van der Waals surface area contributed by atoms with E-state index in [9.17, 15) is 27.6 Å². The van der Waals surface area contributed by atoms with Gasteiger partial charge in [-0.2, -0.15) is 23.0 Å². The Balaban J connectivity index is 1.62. The van der Waals surface area contributed by atoms with Crippen molar-refractivity contribution in [2.45, 2.75) is 6.18 Å². The lowest BCUT2D eigenvalue weighted by Gasteiger charge is -2.14. The predicted octanol–water partition coefficient (Wildman–Crippen LogP) is 3.79. The van der Waals surface area contributed by atoms with Crippen LogP contribution in [0, 0.1) is 0 Å². The molecule has 1 heterocycles. The van der Waals surface area contributed by atoms with Crippen LogP contribution in [0.4, 0.5) is 18.9 Å². The normalized spacial score (nSPS) is 11.2. The molecule has 3 aromatic carbocycles. The Morgan fingerprint density at radius 2 is 1.68 bits per heavy atom. The second kappa shape index (κ2) is 10.6. The highest BCUT2D eigenvalue weighted by Gasteiger charge is 2.30. The van der Waals surface area contributed by atoms with E-state index < -0.39 is 35.7 Å². The number of anilines is 1. The number of fused-ring (bicyclic) bond motifs is 1. The highest BCUT2D eigenvalue weighted by Crippen LogP contribution is 2.31. The SMILES string of the molecule is COc1ccc(-n2nc(C(=O)NCC(=O)Nc3cccc(C(F)(F)F)c3)c3ccccc3c2=O)c(OC)c1. The fourth-order valence-electron chi connectivity index (χ4n) is 3.70. The number of aromatic nitrogens is 2. The van der Waals surface area contributed by atoms with Gasteiger partial charge in [0.1, 0.15) is 17.2 Å². The van der Waals surface area contributed by atoms with Crippen LogP contribution in [0.5, 0.6) is 11.5 Å². The number of halogens is 3. The topological polar surface area (TPSA) is 112 Å². The van der Waals surface area contributed by atoms with Crippen molar-refractivity contribution in [2.24, 2.45) is 0 Å². The molecule has 0 spiro atoms. The second-order valence-electron chi connectivity index (χ2n) is 7.96. The summed E-state index contributed by atoms with van der Waals surface area (Å²) < 4.78 is 50.4. The number of benzene rings is 3. The quantitative estimate of drug-likeness (QED) is 0.379. The highest BCUT2D eigenvalue weighted by atomic mass is 19.4. The van der Waals surface area contributed by atoms with E-state index in [0.29, 0.717) is 5.75 Å². The molecule has 38 heavy (non-hydrogen) atoms. The fraction of sp³-hybridized carbons (Fsp3) is 0.154. The molecule has 1 aromatic heterocycles. The molecule has 0 bridgehead atoms. The molecule has 2 amide bonds. The minimum Gasteiger partial charge on any atom is -0.497 e. The van der Waals surface area contributed by atoms with Crippen LogP contribution in [-0.4, -0.2) is 42.4 Å². The van der Waals surface area contributed by atoms with Gasteiger partial charge in [0.2, 0.25) is 5.91 Å². The number of alkyl halides is 3. The highest BCUT2D eigenvalue weighted by molar-refractivity contribution is 6.06. The molecule has 0 radical (unpaired) electrons. The Bertz CT molecular complexity index is 1580. The van der Waals surface area contributed by atoms with Gasteiger partial charge in [-0.25, -0.2) is 0 Å². The van der Waals surface area contributed by atoms with Gasteiger partial charge in [-0.3, -0.25) is 14.4 Å². The maximum Gasteiger partial charge on any atom is 0.416 e. The summed E-state index contributed by atoms with van der Waals surface area (Å²) in [7, 11) is 2.88. The molecule has 196 valence electrons. The average Bonchev–Trinajstić information content (AvgIpc) is 2.91. The van der Waals surface area contributed by atoms with Crippen molar-refractivity contribution in [1.82, 2.24) is 15.1 Å². The number of hydrogen-bond acceptors (Lipinski definition) is 6. The van der Waals surface area contributed by atoms with Crippen molar-refractivity contribution >= 4 is 28.3 Å². The number of carbonyl (C=O) groups is 2. The van der Waals surface area contributed by atoms with Gasteiger partial charge in [0.25, 0.3) is 11.5 Å². The van der Waals surface area contributed by atoms with Crippen molar-refractivity contribution in [3.63, 3.8) is 0 Å². The van der Waals surface area contributed by atoms with Crippen LogP contribution < -0.4 is 25.7 Å². The summed E-state index contributed by atoms with van der Waals surface area (Å²) in [6.07, 6.45) is -4.57. The molecular weight excluding hydrogens is 505 g/mol. The van der Waals surface area contributed by atoms with Gasteiger partial charge in [0.05, 0.1) is 31.7 Å². The third kappa shape index (κ3) is 5.43. The van der Waals surface area contributed by atoms with Gasteiger partial charge in [-0.15, -0.1) is 0 Å². The maximum absolute atomic E-state index is 13.2. The van der Waals surface area contributed by atoms with Gasteiger partial charge in [-0.05, 0) is 36.4 Å². The Kier molecular flexibility index (Phi) is 7.33. The van der Waals surface area contributed by atoms with Gasteiger partial charge in [-0.1, -0.05) is 24.3 Å².